The van der Waals surface area contributed by atoms with Crippen LogP contribution in [0.2, 0.25) is 0 Å². The van der Waals surface area contributed by atoms with Gasteiger partial charge in [-0.1, -0.05) is 19.9 Å². The SMILES string of the molecule is CC(C)C(C)(CN)Nc1cccc(C(N)=O)n1. The number of hydrogen-bond donors (Lipinski definition) is 3. The molecule has 0 aliphatic rings. The van der Waals surface area contributed by atoms with Crippen LogP contribution < -0.4 is 16.8 Å². The van der Waals surface area contributed by atoms with E-state index in [2.05, 4.69) is 24.1 Å². The number of nitrogens with one attached hydrogen (secondary N) is 1. The molecule has 1 aromatic heterocycles. The van der Waals surface area contributed by atoms with Crippen molar-refractivity contribution in [1.29, 1.82) is 0 Å². The zero-order chi connectivity index (χ0) is 13.1. The number of pyridine rings is 1. The van der Waals surface area contributed by atoms with Crippen LogP contribution in [0.1, 0.15) is 31.3 Å². The largest absolute Gasteiger partial charge is 0.364 e. The summed E-state index contributed by atoms with van der Waals surface area (Å²) in [5.41, 5.74) is 10.9. The lowest BCUT2D eigenvalue weighted by Crippen LogP contribution is -2.47. The van der Waals surface area contributed by atoms with Gasteiger partial charge in [0.2, 0.25) is 0 Å². The summed E-state index contributed by atoms with van der Waals surface area (Å²) >= 11 is 0. The lowest BCUT2D eigenvalue weighted by Gasteiger charge is -2.34. The lowest BCUT2D eigenvalue weighted by atomic mass is 9.88. The van der Waals surface area contributed by atoms with Gasteiger partial charge in [-0.15, -0.1) is 0 Å². The zero-order valence-corrected chi connectivity index (χ0v) is 10.5. The molecule has 0 fully saturated rings. The predicted molar refractivity (Wildman–Crippen MR) is 68.7 cm³/mol. The summed E-state index contributed by atoms with van der Waals surface area (Å²) in [7, 11) is 0. The van der Waals surface area contributed by atoms with Crippen molar-refractivity contribution in [3.8, 4) is 0 Å². The maximum atomic E-state index is 11.0. The Balaban J connectivity index is 2.94. The molecule has 5 nitrogen and oxygen atoms in total. The van der Waals surface area contributed by atoms with Crippen LogP contribution in [0.3, 0.4) is 0 Å². The maximum Gasteiger partial charge on any atom is 0.267 e. The minimum Gasteiger partial charge on any atom is -0.364 e. The fourth-order valence-electron chi connectivity index (χ4n) is 1.37. The van der Waals surface area contributed by atoms with E-state index in [9.17, 15) is 4.79 Å². The second-order valence-electron chi connectivity index (χ2n) is 4.67. The Bertz CT molecular complexity index is 405. The van der Waals surface area contributed by atoms with E-state index >= 15 is 0 Å². The standard InChI is InChI=1S/C12H20N4O/c1-8(2)12(3,7-13)16-10-6-4-5-9(15-10)11(14)17/h4-6,8H,7,13H2,1-3H3,(H2,14,17)(H,15,16). The van der Waals surface area contributed by atoms with Crippen molar-refractivity contribution in [2.45, 2.75) is 26.3 Å². The Kier molecular flexibility index (Phi) is 4.07. The van der Waals surface area contributed by atoms with Crippen molar-refractivity contribution in [3.05, 3.63) is 23.9 Å². The third kappa shape index (κ3) is 3.17. The average molecular weight is 236 g/mol. The van der Waals surface area contributed by atoms with Crippen LogP contribution in [0.25, 0.3) is 0 Å². The van der Waals surface area contributed by atoms with E-state index in [1.165, 1.54) is 0 Å². The van der Waals surface area contributed by atoms with Crippen molar-refractivity contribution < 1.29 is 4.79 Å². The number of rotatable bonds is 5. The van der Waals surface area contributed by atoms with Crippen molar-refractivity contribution in [2.75, 3.05) is 11.9 Å². The molecule has 94 valence electrons. The number of carbonyl (C=O) groups excluding carboxylic acids is 1. The number of amides is 1. The zero-order valence-electron chi connectivity index (χ0n) is 10.5. The van der Waals surface area contributed by atoms with Gasteiger partial charge in [0.25, 0.3) is 5.91 Å². The molecule has 1 atom stereocenters. The summed E-state index contributed by atoms with van der Waals surface area (Å²) < 4.78 is 0. The van der Waals surface area contributed by atoms with E-state index < -0.39 is 5.91 Å². The number of anilines is 1. The minimum atomic E-state index is -0.535. The molecular weight excluding hydrogens is 216 g/mol. The number of carbonyl (C=O) groups is 1. The molecule has 0 bridgehead atoms. The van der Waals surface area contributed by atoms with Crippen LogP contribution in [0, 0.1) is 5.92 Å². The molecule has 5 N–H and O–H groups in total. The van der Waals surface area contributed by atoms with Crippen LogP contribution in [-0.4, -0.2) is 23.0 Å². The molecule has 1 unspecified atom stereocenters. The molecule has 1 heterocycles. The summed E-state index contributed by atoms with van der Waals surface area (Å²) in [5.74, 6) is 0.419. The summed E-state index contributed by atoms with van der Waals surface area (Å²) in [6.07, 6.45) is 0. The van der Waals surface area contributed by atoms with Gasteiger partial charge in [-0.3, -0.25) is 4.79 Å². The molecule has 1 rings (SSSR count). The first-order valence-corrected chi connectivity index (χ1v) is 5.64. The average Bonchev–Trinajstić information content (AvgIpc) is 2.29. The highest BCUT2D eigenvalue weighted by Crippen LogP contribution is 2.20. The molecule has 0 aromatic carbocycles. The molecule has 17 heavy (non-hydrogen) atoms. The highest BCUT2D eigenvalue weighted by molar-refractivity contribution is 5.91. The van der Waals surface area contributed by atoms with Gasteiger partial charge < -0.3 is 16.8 Å². The van der Waals surface area contributed by atoms with Crippen LogP contribution in [0.15, 0.2) is 18.2 Å². The molecule has 0 saturated heterocycles. The van der Waals surface area contributed by atoms with E-state index in [1.54, 1.807) is 18.2 Å². The molecule has 5 heteroatoms. The second kappa shape index (κ2) is 5.14. The molecule has 0 aliphatic carbocycles. The second-order valence-corrected chi connectivity index (χ2v) is 4.67. The highest BCUT2D eigenvalue weighted by Gasteiger charge is 2.26. The van der Waals surface area contributed by atoms with Gasteiger partial charge in [0.1, 0.15) is 11.5 Å². The van der Waals surface area contributed by atoms with Gasteiger partial charge in [0.15, 0.2) is 0 Å². The maximum absolute atomic E-state index is 11.0. The number of hydrogen-bond acceptors (Lipinski definition) is 4. The fourth-order valence-corrected chi connectivity index (χ4v) is 1.37. The molecule has 0 radical (unpaired) electrons. The first kappa shape index (κ1) is 13.4. The Morgan fingerprint density at radius 3 is 2.65 bits per heavy atom. The number of nitrogens with two attached hydrogens (primary N) is 2. The number of nitrogens with zero attached hydrogens (tertiary/aromatic N) is 1. The Morgan fingerprint density at radius 2 is 2.18 bits per heavy atom. The third-order valence-corrected chi connectivity index (χ3v) is 3.11. The van der Waals surface area contributed by atoms with Crippen LogP contribution in [0.4, 0.5) is 5.82 Å². The summed E-state index contributed by atoms with van der Waals surface area (Å²) in [5, 5.41) is 3.26. The van der Waals surface area contributed by atoms with Crippen LogP contribution in [0.5, 0.6) is 0 Å². The van der Waals surface area contributed by atoms with E-state index in [0.717, 1.165) is 0 Å². The summed E-state index contributed by atoms with van der Waals surface area (Å²) in [4.78, 5) is 15.2. The quantitative estimate of drug-likeness (QED) is 0.710. The molecule has 0 saturated carbocycles. The van der Waals surface area contributed by atoms with Crippen LogP contribution >= 0.6 is 0 Å². The van der Waals surface area contributed by atoms with E-state index in [4.69, 9.17) is 11.5 Å². The predicted octanol–water partition coefficient (Wildman–Crippen LogP) is 0.966. The van der Waals surface area contributed by atoms with Crippen molar-refractivity contribution in [2.24, 2.45) is 17.4 Å². The van der Waals surface area contributed by atoms with Gasteiger partial charge in [-0.05, 0) is 25.0 Å². The fraction of sp³-hybridized carbons (Fsp3) is 0.500. The molecule has 1 amide bonds. The molecular formula is C12H20N4O. The van der Waals surface area contributed by atoms with Gasteiger partial charge in [0.05, 0.1) is 5.54 Å². The van der Waals surface area contributed by atoms with Gasteiger partial charge in [-0.25, -0.2) is 4.98 Å². The Morgan fingerprint density at radius 1 is 1.53 bits per heavy atom. The Labute approximate surface area is 102 Å². The molecule has 0 aliphatic heterocycles. The number of aromatic nitrogens is 1. The van der Waals surface area contributed by atoms with Gasteiger partial charge >= 0.3 is 0 Å². The molecule has 0 spiro atoms. The minimum absolute atomic E-state index is 0.248. The summed E-state index contributed by atoms with van der Waals surface area (Å²) in [6.45, 7) is 6.67. The van der Waals surface area contributed by atoms with Crippen molar-refractivity contribution in [1.82, 2.24) is 4.98 Å². The highest BCUT2D eigenvalue weighted by atomic mass is 16.1. The topological polar surface area (TPSA) is 94.0 Å². The van der Waals surface area contributed by atoms with Crippen LogP contribution in [-0.2, 0) is 0 Å². The normalized spacial score (nSPS) is 14.4. The van der Waals surface area contributed by atoms with E-state index in [-0.39, 0.29) is 11.2 Å². The monoisotopic (exact) mass is 236 g/mol. The summed E-state index contributed by atoms with van der Waals surface area (Å²) in [6, 6.07) is 5.12. The lowest BCUT2D eigenvalue weighted by molar-refractivity contribution is 0.0995. The van der Waals surface area contributed by atoms with Gasteiger partial charge in [0, 0.05) is 6.54 Å². The Hall–Kier alpha value is -1.62. The first-order valence-electron chi connectivity index (χ1n) is 5.64. The van der Waals surface area contributed by atoms with E-state index in [1.807, 2.05) is 6.92 Å². The van der Waals surface area contributed by atoms with Crippen molar-refractivity contribution >= 4 is 11.7 Å². The van der Waals surface area contributed by atoms with E-state index in [0.29, 0.717) is 18.3 Å². The third-order valence-electron chi connectivity index (χ3n) is 3.11. The van der Waals surface area contributed by atoms with Crippen molar-refractivity contribution in [3.63, 3.8) is 0 Å². The first-order chi connectivity index (χ1) is 7.89. The number of primary amides is 1. The van der Waals surface area contributed by atoms with Gasteiger partial charge in [-0.2, -0.15) is 0 Å². The molecule has 1 aromatic rings. The smallest absolute Gasteiger partial charge is 0.267 e.